The van der Waals surface area contributed by atoms with E-state index < -0.39 is 35.8 Å². The summed E-state index contributed by atoms with van der Waals surface area (Å²) in [6.07, 6.45) is -8.40. The van der Waals surface area contributed by atoms with Gasteiger partial charge in [0.1, 0.15) is 12.4 Å². The summed E-state index contributed by atoms with van der Waals surface area (Å²) in [4.78, 5) is 44.9. The summed E-state index contributed by atoms with van der Waals surface area (Å²) in [5.74, 6) is -2.33. The first-order chi connectivity index (χ1) is 18.5. The van der Waals surface area contributed by atoms with Gasteiger partial charge < -0.3 is 35.4 Å². The highest BCUT2D eigenvalue weighted by Crippen LogP contribution is 2.37. The fourth-order valence-corrected chi connectivity index (χ4v) is 4.74. The second-order valence-electron chi connectivity index (χ2n) is 9.09. The van der Waals surface area contributed by atoms with E-state index in [1.54, 1.807) is 24.3 Å². The van der Waals surface area contributed by atoms with Gasteiger partial charge in [0.25, 0.3) is 17.7 Å². The highest BCUT2D eigenvalue weighted by molar-refractivity contribution is 6.06. The van der Waals surface area contributed by atoms with E-state index in [4.69, 9.17) is 15.2 Å². The molecule has 2 aromatic carbocycles. The second-order valence-corrected chi connectivity index (χ2v) is 9.09. The van der Waals surface area contributed by atoms with Gasteiger partial charge in [-0.15, -0.1) is 0 Å². The normalized spacial score (nSPS) is 20.5. The number of nitrogens with zero attached hydrogens (tertiary/aromatic N) is 3. The van der Waals surface area contributed by atoms with Crippen molar-refractivity contribution in [3.8, 4) is 0 Å². The molecule has 3 aliphatic rings. The number of aliphatic hydroxyl groups excluding tert-OH is 1. The van der Waals surface area contributed by atoms with Gasteiger partial charge in [-0.1, -0.05) is 6.07 Å². The molecule has 0 bridgehead atoms. The molecular weight excluding hydrogens is 523 g/mol. The topological polar surface area (TPSA) is 147 Å². The molecule has 3 heterocycles. The summed E-state index contributed by atoms with van der Waals surface area (Å²) >= 11 is 0. The molecule has 1 unspecified atom stereocenters. The molecular formula is C25H24F3N5O6. The van der Waals surface area contributed by atoms with Crippen LogP contribution in [0.1, 0.15) is 16.7 Å². The maximum Gasteiger partial charge on any atom is 0.417 e. The average Bonchev–Trinajstić information content (AvgIpc) is 3.28. The lowest BCUT2D eigenvalue weighted by Gasteiger charge is -2.35. The molecule has 2 aromatic rings. The Balaban J connectivity index is 1.33. The molecule has 0 aromatic heterocycles. The van der Waals surface area contributed by atoms with Gasteiger partial charge in [-0.25, -0.2) is 0 Å². The van der Waals surface area contributed by atoms with Gasteiger partial charge in [0, 0.05) is 35.7 Å². The van der Waals surface area contributed by atoms with Crippen LogP contribution in [0.2, 0.25) is 0 Å². The molecule has 14 heteroatoms. The third kappa shape index (κ3) is 5.17. The van der Waals surface area contributed by atoms with Gasteiger partial charge >= 0.3 is 6.18 Å². The number of ether oxygens (including phenoxy) is 2. The number of amides is 3. The molecule has 0 spiro atoms. The number of hydrogen-bond acceptors (Lipinski definition) is 8. The average molecular weight is 547 g/mol. The van der Waals surface area contributed by atoms with Crippen molar-refractivity contribution < 1.29 is 42.1 Å². The van der Waals surface area contributed by atoms with Crippen LogP contribution in [0.25, 0.3) is 0 Å². The second kappa shape index (κ2) is 10.3. The minimum atomic E-state index is -4.77. The fourth-order valence-electron chi connectivity index (χ4n) is 4.74. The lowest BCUT2D eigenvalue weighted by atomic mass is 10.00. The molecule has 39 heavy (non-hydrogen) atoms. The number of halogens is 3. The molecule has 0 saturated carbocycles. The van der Waals surface area contributed by atoms with Gasteiger partial charge in [-0.3, -0.25) is 19.4 Å². The molecule has 11 nitrogen and oxygen atoms in total. The third-order valence-corrected chi connectivity index (χ3v) is 6.58. The Kier molecular flexibility index (Phi) is 7.01. The lowest BCUT2D eigenvalue weighted by molar-refractivity contribution is -0.150. The van der Waals surface area contributed by atoms with Crippen LogP contribution in [0, 0.1) is 0 Å². The van der Waals surface area contributed by atoms with Crippen molar-refractivity contribution in [3.05, 3.63) is 53.1 Å². The van der Waals surface area contributed by atoms with Crippen LogP contribution >= 0.6 is 0 Å². The van der Waals surface area contributed by atoms with Crippen LogP contribution in [-0.2, 0) is 36.6 Å². The first-order valence-electron chi connectivity index (χ1n) is 12.0. The van der Waals surface area contributed by atoms with Crippen molar-refractivity contribution in [2.24, 2.45) is 10.7 Å². The SMILES string of the molecule is NC1=NCc2cc(NC(=O)C(O)[C@H]3OCCN(c4cccc(N5CCOCC5=O)c4)C3=O)cc(C(F)(F)F)c21. The zero-order chi connectivity index (χ0) is 27.9. The number of nitrogens with two attached hydrogens (primary N) is 1. The molecule has 3 amide bonds. The van der Waals surface area contributed by atoms with E-state index in [-0.39, 0.29) is 54.9 Å². The fraction of sp³-hybridized carbons (Fsp3) is 0.360. The Labute approximate surface area is 220 Å². The number of benzene rings is 2. The molecule has 3 aliphatic heterocycles. The zero-order valence-electron chi connectivity index (χ0n) is 20.4. The number of fused-ring (bicyclic) bond motifs is 1. The molecule has 5 rings (SSSR count). The van der Waals surface area contributed by atoms with Crippen molar-refractivity contribution in [3.63, 3.8) is 0 Å². The van der Waals surface area contributed by atoms with Crippen LogP contribution in [0.5, 0.6) is 0 Å². The number of alkyl halides is 3. The van der Waals surface area contributed by atoms with Crippen LogP contribution in [0.3, 0.4) is 0 Å². The Morgan fingerprint density at radius 2 is 1.85 bits per heavy atom. The van der Waals surface area contributed by atoms with Crippen molar-refractivity contribution in [1.29, 1.82) is 0 Å². The largest absolute Gasteiger partial charge is 0.417 e. The molecule has 0 radical (unpaired) electrons. The number of anilines is 3. The van der Waals surface area contributed by atoms with Crippen LogP contribution in [-0.4, -0.2) is 73.8 Å². The first kappa shape index (κ1) is 26.6. The quantitative estimate of drug-likeness (QED) is 0.507. The molecule has 4 N–H and O–H groups in total. The van der Waals surface area contributed by atoms with Crippen LogP contribution < -0.4 is 20.9 Å². The number of rotatable bonds is 5. The number of carbonyl (C=O) groups excluding carboxylic acids is 3. The van der Waals surface area contributed by atoms with Crippen molar-refractivity contribution in [2.75, 3.05) is 48.0 Å². The van der Waals surface area contributed by atoms with Crippen molar-refractivity contribution in [1.82, 2.24) is 0 Å². The number of amidine groups is 1. The molecule has 2 atom stereocenters. The maximum atomic E-state index is 13.6. The van der Waals surface area contributed by atoms with E-state index in [1.165, 1.54) is 15.9 Å². The number of morpholine rings is 2. The predicted octanol–water partition coefficient (Wildman–Crippen LogP) is 1.02. The van der Waals surface area contributed by atoms with Gasteiger partial charge in [-0.05, 0) is 35.9 Å². The van der Waals surface area contributed by atoms with Crippen molar-refractivity contribution >= 4 is 40.6 Å². The zero-order valence-corrected chi connectivity index (χ0v) is 20.4. The van der Waals surface area contributed by atoms with E-state index >= 15 is 0 Å². The van der Waals surface area contributed by atoms with E-state index in [2.05, 4.69) is 10.3 Å². The van der Waals surface area contributed by atoms with E-state index in [1.807, 2.05) is 0 Å². The summed E-state index contributed by atoms with van der Waals surface area (Å²) in [6.45, 7) is 0.660. The molecule has 0 aliphatic carbocycles. The number of nitrogens with one attached hydrogen (secondary N) is 1. The summed E-state index contributed by atoms with van der Waals surface area (Å²) in [7, 11) is 0. The standard InChI is InChI=1S/C25H24F3N5O6/c26-25(27,28)17-9-14(8-13-11-30-22(29)19(13)17)31-23(36)20(35)21-24(37)33(5-7-39-21)16-3-1-2-15(10-16)32-4-6-38-12-18(32)34/h1-3,8-10,20-21,35H,4-7,11-12H2,(H2,29,30)(H,31,36)/t20?,21-/m1/s1. The number of carbonyl (C=O) groups is 3. The first-order valence-corrected chi connectivity index (χ1v) is 12.0. The van der Waals surface area contributed by atoms with Crippen LogP contribution in [0.15, 0.2) is 41.4 Å². The maximum absolute atomic E-state index is 13.6. The van der Waals surface area contributed by atoms with Gasteiger partial charge in [0.2, 0.25) is 0 Å². The number of hydrogen-bond donors (Lipinski definition) is 3. The minimum absolute atomic E-state index is 0.0187. The number of aliphatic imine (C=N–C) groups is 1. The number of aliphatic hydroxyl groups is 1. The smallest absolute Gasteiger partial charge is 0.383 e. The summed E-state index contributed by atoms with van der Waals surface area (Å²) in [5, 5.41) is 12.9. The Hall–Kier alpha value is -4.01. The minimum Gasteiger partial charge on any atom is -0.383 e. The highest BCUT2D eigenvalue weighted by atomic mass is 19.4. The Morgan fingerprint density at radius 3 is 2.56 bits per heavy atom. The summed E-state index contributed by atoms with van der Waals surface area (Å²) < 4.78 is 51.5. The summed E-state index contributed by atoms with van der Waals surface area (Å²) in [6, 6.07) is 8.63. The van der Waals surface area contributed by atoms with Gasteiger partial charge in [0.15, 0.2) is 12.2 Å². The summed E-state index contributed by atoms with van der Waals surface area (Å²) in [5.41, 5.74) is 5.20. The molecule has 2 fully saturated rings. The molecule has 2 saturated heterocycles. The highest BCUT2D eigenvalue weighted by Gasteiger charge is 2.41. The lowest BCUT2D eigenvalue weighted by Crippen LogP contribution is -2.55. The Morgan fingerprint density at radius 1 is 1.13 bits per heavy atom. The monoisotopic (exact) mass is 547 g/mol. The van der Waals surface area contributed by atoms with Gasteiger partial charge in [0.05, 0.1) is 25.3 Å². The van der Waals surface area contributed by atoms with Crippen LogP contribution in [0.4, 0.5) is 30.2 Å². The van der Waals surface area contributed by atoms with E-state index in [9.17, 15) is 32.7 Å². The van der Waals surface area contributed by atoms with E-state index in [0.29, 0.717) is 30.6 Å². The van der Waals surface area contributed by atoms with E-state index in [0.717, 1.165) is 0 Å². The predicted molar refractivity (Wildman–Crippen MR) is 132 cm³/mol. The van der Waals surface area contributed by atoms with Gasteiger partial charge in [-0.2, -0.15) is 13.2 Å². The van der Waals surface area contributed by atoms with Crippen molar-refractivity contribution in [2.45, 2.75) is 24.9 Å². The Bertz CT molecular complexity index is 1360. The molecule has 206 valence electrons. The third-order valence-electron chi connectivity index (χ3n) is 6.58.